The van der Waals surface area contributed by atoms with Crippen LogP contribution >= 0.6 is 66.7 Å². The summed E-state index contributed by atoms with van der Waals surface area (Å²) >= 11 is 25.3. The van der Waals surface area contributed by atoms with E-state index in [1.54, 1.807) is 18.3 Å². The zero-order chi connectivity index (χ0) is 16.6. The molecule has 3 aromatic rings. The topological polar surface area (TPSA) is 28.7 Å². The van der Waals surface area contributed by atoms with Crippen LogP contribution in [0.4, 0.5) is 0 Å². The first-order valence-electron chi connectivity index (χ1n) is 6.57. The van der Waals surface area contributed by atoms with E-state index in [4.69, 9.17) is 34.8 Å². The zero-order valence-corrected chi connectivity index (χ0v) is 16.9. The molecule has 2 aromatic carbocycles. The quantitative estimate of drug-likeness (QED) is 0.384. The van der Waals surface area contributed by atoms with Crippen molar-refractivity contribution in [3.05, 3.63) is 71.9 Å². The first-order valence-corrected chi connectivity index (χ1v) is 9.29. The van der Waals surface area contributed by atoms with Gasteiger partial charge in [-0.2, -0.15) is 0 Å². The van der Waals surface area contributed by atoms with Gasteiger partial charge >= 0.3 is 0 Å². The van der Waals surface area contributed by atoms with Gasteiger partial charge in [0, 0.05) is 20.9 Å². The van der Waals surface area contributed by atoms with Gasteiger partial charge in [0.2, 0.25) is 0 Å². The molecule has 0 amide bonds. The van der Waals surface area contributed by atoms with Crippen LogP contribution in [-0.4, -0.2) is 9.97 Å². The highest BCUT2D eigenvalue weighted by atomic mass is 79.9. The summed E-state index contributed by atoms with van der Waals surface area (Å²) in [6.07, 6.45) is 2.42. The Morgan fingerprint density at radius 3 is 2.43 bits per heavy atom. The maximum absolute atomic E-state index is 6.24. The van der Waals surface area contributed by atoms with Gasteiger partial charge in [0.05, 0.1) is 27.0 Å². The minimum atomic E-state index is 0.430. The molecule has 7 heteroatoms. The predicted molar refractivity (Wildman–Crippen MR) is 104 cm³/mol. The number of benzene rings is 2. The van der Waals surface area contributed by atoms with Crippen molar-refractivity contribution in [3.8, 4) is 11.3 Å². The maximum Gasteiger partial charge on any atom is 0.110 e. The van der Waals surface area contributed by atoms with Gasteiger partial charge in [-0.1, -0.05) is 72.7 Å². The van der Waals surface area contributed by atoms with Crippen LogP contribution in [0.25, 0.3) is 11.3 Å². The molecule has 0 aliphatic rings. The van der Waals surface area contributed by atoms with Gasteiger partial charge in [-0.3, -0.25) is 0 Å². The van der Waals surface area contributed by atoms with Gasteiger partial charge in [-0.25, -0.2) is 4.98 Å². The molecule has 0 spiro atoms. The molecule has 0 aliphatic carbocycles. The Bertz CT molecular complexity index is 878. The third kappa shape index (κ3) is 3.94. The molecule has 0 radical (unpaired) electrons. The number of nitrogens with one attached hydrogen (secondary N) is 1. The summed E-state index contributed by atoms with van der Waals surface area (Å²) in [5.74, 6) is 0.838. The van der Waals surface area contributed by atoms with Crippen LogP contribution in [0.3, 0.4) is 0 Å². The van der Waals surface area contributed by atoms with Crippen molar-refractivity contribution in [2.45, 2.75) is 6.42 Å². The van der Waals surface area contributed by atoms with Crippen LogP contribution < -0.4 is 0 Å². The fraction of sp³-hybridized carbons (Fsp3) is 0.0625. The molecular weight excluding hydrogens is 486 g/mol. The summed E-state index contributed by atoms with van der Waals surface area (Å²) in [4.78, 5) is 7.70. The number of halogens is 5. The molecule has 1 aromatic heterocycles. The summed E-state index contributed by atoms with van der Waals surface area (Å²) in [5.41, 5.74) is 2.71. The smallest absolute Gasteiger partial charge is 0.110 e. The zero-order valence-electron chi connectivity index (χ0n) is 11.5. The van der Waals surface area contributed by atoms with Gasteiger partial charge in [0.25, 0.3) is 0 Å². The van der Waals surface area contributed by atoms with Crippen molar-refractivity contribution >= 4 is 66.7 Å². The van der Waals surface area contributed by atoms with Crippen LogP contribution in [0, 0.1) is 0 Å². The molecule has 118 valence electrons. The van der Waals surface area contributed by atoms with Crippen LogP contribution in [0.2, 0.25) is 15.1 Å². The van der Waals surface area contributed by atoms with Crippen molar-refractivity contribution in [1.82, 2.24) is 9.97 Å². The molecule has 2 nitrogen and oxygen atoms in total. The van der Waals surface area contributed by atoms with Gasteiger partial charge < -0.3 is 4.98 Å². The molecule has 23 heavy (non-hydrogen) atoms. The number of aromatic amines is 1. The van der Waals surface area contributed by atoms with Crippen molar-refractivity contribution < 1.29 is 0 Å². The Balaban J connectivity index is 1.90. The van der Waals surface area contributed by atoms with E-state index in [0.29, 0.717) is 21.5 Å². The Labute approximate surface area is 165 Å². The second-order valence-corrected chi connectivity index (χ2v) is 7.89. The summed E-state index contributed by atoms with van der Waals surface area (Å²) in [6.45, 7) is 0. The lowest BCUT2D eigenvalue weighted by atomic mass is 10.1. The van der Waals surface area contributed by atoms with E-state index < -0.39 is 0 Å². The van der Waals surface area contributed by atoms with Gasteiger partial charge in [-0.05, 0) is 29.8 Å². The second kappa shape index (κ2) is 7.16. The van der Waals surface area contributed by atoms with E-state index in [2.05, 4.69) is 41.8 Å². The van der Waals surface area contributed by atoms with Crippen molar-refractivity contribution in [3.63, 3.8) is 0 Å². The molecule has 0 unspecified atom stereocenters. The summed E-state index contributed by atoms with van der Waals surface area (Å²) in [7, 11) is 0. The first-order chi connectivity index (χ1) is 10.9. The van der Waals surface area contributed by atoms with E-state index in [9.17, 15) is 0 Å². The van der Waals surface area contributed by atoms with Crippen LogP contribution in [0.1, 0.15) is 11.4 Å². The van der Waals surface area contributed by atoms with Crippen molar-refractivity contribution in [2.75, 3.05) is 0 Å². The lowest BCUT2D eigenvalue weighted by molar-refractivity contribution is 1.02. The molecular formula is C16H9Br2Cl3N2. The predicted octanol–water partition coefficient (Wildman–Crippen LogP) is 7.15. The average molecular weight is 495 g/mol. The standard InChI is InChI=1S/C16H9Br2Cl3N2/c17-9-2-1-8(11(18)4-9)3-16-22-7-15(23-16)10-5-13(20)14(21)6-12(10)19/h1-2,4-7H,3H2,(H,22,23). The lowest BCUT2D eigenvalue weighted by Gasteiger charge is -2.05. The number of hydrogen-bond donors (Lipinski definition) is 1. The van der Waals surface area contributed by atoms with E-state index in [1.165, 1.54) is 0 Å². The van der Waals surface area contributed by atoms with Gasteiger partial charge in [0.1, 0.15) is 5.82 Å². The number of rotatable bonds is 3. The molecule has 0 saturated carbocycles. The third-order valence-corrected chi connectivity index (χ3v) is 5.57. The third-order valence-electron chi connectivity index (χ3n) is 3.30. The highest BCUT2D eigenvalue weighted by Crippen LogP contribution is 2.34. The molecule has 1 N–H and O–H groups in total. The highest BCUT2D eigenvalue weighted by molar-refractivity contribution is 9.11. The maximum atomic E-state index is 6.24. The minimum absolute atomic E-state index is 0.430. The fourth-order valence-electron chi connectivity index (χ4n) is 2.16. The Morgan fingerprint density at radius 1 is 0.957 bits per heavy atom. The SMILES string of the molecule is Clc1cc(Cl)c(-c2cnc(Cc3ccc(Br)cc3Br)[nH]2)cc1Cl. The van der Waals surface area contributed by atoms with Crippen LogP contribution in [0.5, 0.6) is 0 Å². The molecule has 0 atom stereocenters. The van der Waals surface area contributed by atoms with Crippen LogP contribution in [-0.2, 0) is 6.42 Å². The Kier molecular flexibility index (Phi) is 5.39. The minimum Gasteiger partial charge on any atom is -0.342 e. The number of hydrogen-bond acceptors (Lipinski definition) is 1. The van der Waals surface area contributed by atoms with E-state index in [-0.39, 0.29) is 0 Å². The van der Waals surface area contributed by atoms with Crippen molar-refractivity contribution in [1.29, 1.82) is 0 Å². The van der Waals surface area contributed by atoms with E-state index >= 15 is 0 Å². The number of nitrogens with zero attached hydrogens (tertiary/aromatic N) is 1. The Morgan fingerprint density at radius 2 is 1.70 bits per heavy atom. The number of H-pyrrole nitrogens is 1. The number of imidazole rings is 1. The molecule has 0 saturated heterocycles. The lowest BCUT2D eigenvalue weighted by Crippen LogP contribution is -1.92. The van der Waals surface area contributed by atoms with E-state index in [0.717, 1.165) is 31.6 Å². The van der Waals surface area contributed by atoms with Crippen molar-refractivity contribution in [2.24, 2.45) is 0 Å². The molecule has 0 aliphatic heterocycles. The van der Waals surface area contributed by atoms with Gasteiger partial charge in [0.15, 0.2) is 0 Å². The largest absolute Gasteiger partial charge is 0.342 e. The average Bonchev–Trinajstić information content (AvgIpc) is 2.94. The van der Waals surface area contributed by atoms with E-state index in [1.807, 2.05) is 18.2 Å². The first kappa shape index (κ1) is 17.3. The summed E-state index contributed by atoms with van der Waals surface area (Å²) < 4.78 is 2.05. The normalized spacial score (nSPS) is 11.0. The molecule has 1 heterocycles. The fourth-order valence-corrected chi connectivity index (χ4v) is 4.00. The summed E-state index contributed by atoms with van der Waals surface area (Å²) in [5, 5.41) is 1.41. The molecule has 3 rings (SSSR count). The molecule has 0 bridgehead atoms. The highest BCUT2D eigenvalue weighted by Gasteiger charge is 2.12. The number of aromatic nitrogens is 2. The molecule has 0 fully saturated rings. The van der Waals surface area contributed by atoms with Crippen LogP contribution in [0.15, 0.2) is 45.5 Å². The second-order valence-electron chi connectivity index (χ2n) is 4.90. The Hall–Kier alpha value is -0.520. The monoisotopic (exact) mass is 492 g/mol. The summed E-state index contributed by atoms with van der Waals surface area (Å²) in [6, 6.07) is 9.42. The van der Waals surface area contributed by atoms with Gasteiger partial charge in [-0.15, -0.1) is 0 Å².